The minimum absolute atomic E-state index is 0. The summed E-state index contributed by atoms with van der Waals surface area (Å²) in [5.74, 6) is 0. The summed E-state index contributed by atoms with van der Waals surface area (Å²) >= 11 is 0. The molecule has 0 bridgehead atoms. The monoisotopic (exact) mass is 141 g/mol. The zero-order chi connectivity index (χ0) is 7.40. The Kier molecular flexibility index (Phi) is 2.79. The van der Waals surface area contributed by atoms with Crippen LogP contribution >= 0.6 is 0 Å². The molecule has 10 heavy (non-hydrogen) atoms. The van der Waals surface area contributed by atoms with Gasteiger partial charge in [0.2, 0.25) is 0 Å². The molecule has 0 aromatic rings. The minimum Gasteiger partial charge on any atom is -0.386 e. The Morgan fingerprint density at radius 3 is 2.50 bits per heavy atom. The van der Waals surface area contributed by atoms with Crippen LogP contribution in [0.4, 0.5) is 0 Å². The molecule has 1 aliphatic carbocycles. The van der Waals surface area contributed by atoms with Gasteiger partial charge in [-0.3, -0.25) is 0 Å². The van der Waals surface area contributed by atoms with Crippen LogP contribution in [0.5, 0.6) is 0 Å². The summed E-state index contributed by atoms with van der Waals surface area (Å²) in [5, 5.41) is 3.39. The van der Waals surface area contributed by atoms with Crippen molar-refractivity contribution in [2.45, 2.75) is 45.1 Å². The van der Waals surface area contributed by atoms with Gasteiger partial charge in [-0.2, -0.15) is 0 Å². The normalized spacial score (nSPS) is 20.5. The predicted molar refractivity (Wildman–Crippen MR) is 46.9 cm³/mol. The lowest BCUT2D eigenvalue weighted by molar-refractivity contribution is 0.397. The molecule has 1 fully saturated rings. The number of rotatable bonds is 2. The lowest BCUT2D eigenvalue weighted by Gasteiger charge is -2.23. The zero-order valence-corrected chi connectivity index (χ0v) is 6.82. The Labute approximate surface area is 65.0 Å². The Morgan fingerprint density at radius 2 is 2.00 bits per heavy atom. The first-order valence-corrected chi connectivity index (χ1v) is 4.21. The van der Waals surface area contributed by atoms with Crippen molar-refractivity contribution in [2.24, 2.45) is 0 Å². The molecule has 0 heterocycles. The van der Waals surface area contributed by atoms with E-state index < -0.39 is 0 Å². The van der Waals surface area contributed by atoms with Crippen LogP contribution < -0.4 is 5.32 Å². The van der Waals surface area contributed by atoms with Crippen LogP contribution in [-0.4, -0.2) is 6.04 Å². The molecule has 0 atom stereocenters. The van der Waals surface area contributed by atoms with Crippen molar-refractivity contribution < 1.29 is 1.43 Å². The molecule has 60 valence electrons. The van der Waals surface area contributed by atoms with Gasteiger partial charge in [0, 0.05) is 13.2 Å². The molecule has 0 aliphatic heterocycles. The Bertz CT molecular complexity index is 117. The van der Waals surface area contributed by atoms with Gasteiger partial charge in [-0.15, -0.1) is 0 Å². The van der Waals surface area contributed by atoms with Crippen molar-refractivity contribution in [3.63, 3.8) is 0 Å². The summed E-state index contributed by atoms with van der Waals surface area (Å²) in [5.41, 5.74) is 1.12. The largest absolute Gasteiger partial charge is 0.386 e. The maximum atomic E-state index is 3.84. The van der Waals surface area contributed by atoms with Gasteiger partial charge < -0.3 is 5.32 Å². The highest BCUT2D eigenvalue weighted by molar-refractivity contribution is 4.89. The quantitative estimate of drug-likeness (QED) is 0.623. The van der Waals surface area contributed by atoms with Gasteiger partial charge in [0.15, 0.2) is 0 Å². The molecule has 0 aromatic heterocycles. The first-order valence-electron chi connectivity index (χ1n) is 4.21. The molecule has 1 nitrogen and oxygen atoms in total. The van der Waals surface area contributed by atoms with Crippen LogP contribution in [-0.2, 0) is 0 Å². The third-order valence-corrected chi connectivity index (χ3v) is 2.06. The third kappa shape index (κ3) is 2.42. The topological polar surface area (TPSA) is 12.0 Å². The first-order chi connectivity index (χ1) is 4.79. The molecule has 1 rings (SSSR count). The Morgan fingerprint density at radius 1 is 1.40 bits per heavy atom. The van der Waals surface area contributed by atoms with Crippen LogP contribution in [0.1, 0.15) is 40.5 Å². The zero-order valence-electron chi connectivity index (χ0n) is 6.82. The second-order valence-corrected chi connectivity index (χ2v) is 3.26. The van der Waals surface area contributed by atoms with Crippen LogP contribution in [0.2, 0.25) is 0 Å². The van der Waals surface area contributed by atoms with Gasteiger partial charge in [0.1, 0.15) is 0 Å². The van der Waals surface area contributed by atoms with E-state index >= 15 is 0 Å². The van der Waals surface area contributed by atoms with Gasteiger partial charge in [-0.1, -0.05) is 25.8 Å². The highest BCUT2D eigenvalue weighted by Crippen LogP contribution is 2.17. The van der Waals surface area contributed by atoms with E-state index in [1.165, 1.54) is 32.1 Å². The lowest BCUT2D eigenvalue weighted by atomic mass is 9.95. The van der Waals surface area contributed by atoms with Crippen molar-refractivity contribution in [3.8, 4) is 0 Å². The number of nitrogens with one attached hydrogen (secondary N) is 1. The molecule has 0 radical (unpaired) electrons. The second-order valence-electron chi connectivity index (χ2n) is 3.26. The number of hydrogen-bond acceptors (Lipinski definition) is 1. The van der Waals surface area contributed by atoms with Gasteiger partial charge in [-0.05, 0) is 19.8 Å². The van der Waals surface area contributed by atoms with Crippen molar-refractivity contribution in [3.05, 3.63) is 12.3 Å². The van der Waals surface area contributed by atoms with E-state index in [0.717, 1.165) is 11.7 Å². The molecular formula is C9H19N. The van der Waals surface area contributed by atoms with Crippen LogP contribution in [0.25, 0.3) is 0 Å². The van der Waals surface area contributed by atoms with Crippen molar-refractivity contribution >= 4 is 0 Å². The van der Waals surface area contributed by atoms with E-state index in [1.54, 1.807) is 0 Å². The first kappa shape index (κ1) is 7.64. The van der Waals surface area contributed by atoms with Crippen LogP contribution in [0, 0.1) is 0 Å². The number of hydrogen-bond donors (Lipinski definition) is 1. The Balaban J connectivity index is 0.000001000. The van der Waals surface area contributed by atoms with Gasteiger partial charge in [-0.25, -0.2) is 0 Å². The molecule has 0 saturated heterocycles. The molecule has 1 heteroatoms. The predicted octanol–water partition coefficient (Wildman–Crippen LogP) is 2.69. The molecule has 1 N–H and O–H groups in total. The van der Waals surface area contributed by atoms with Gasteiger partial charge in [0.25, 0.3) is 0 Å². The molecule has 0 aromatic carbocycles. The van der Waals surface area contributed by atoms with E-state index in [9.17, 15) is 0 Å². The van der Waals surface area contributed by atoms with Crippen molar-refractivity contribution in [2.75, 3.05) is 0 Å². The SMILES string of the molecule is C=C(C)NC1CCCCC1.[HH]. The van der Waals surface area contributed by atoms with E-state index in [0.29, 0.717) is 0 Å². The molecular weight excluding hydrogens is 122 g/mol. The van der Waals surface area contributed by atoms with Gasteiger partial charge >= 0.3 is 0 Å². The highest BCUT2D eigenvalue weighted by atomic mass is 14.9. The average molecular weight is 141 g/mol. The fraction of sp³-hybridized carbons (Fsp3) is 0.778. The maximum absolute atomic E-state index is 3.84. The van der Waals surface area contributed by atoms with Crippen LogP contribution in [0.15, 0.2) is 12.3 Å². The van der Waals surface area contributed by atoms with E-state index in [1.807, 2.05) is 6.92 Å². The summed E-state index contributed by atoms with van der Waals surface area (Å²) in [4.78, 5) is 0. The van der Waals surface area contributed by atoms with E-state index in [4.69, 9.17) is 0 Å². The molecule has 0 amide bonds. The molecule has 1 aliphatic rings. The van der Waals surface area contributed by atoms with E-state index in [2.05, 4.69) is 11.9 Å². The summed E-state index contributed by atoms with van der Waals surface area (Å²) in [6.07, 6.45) is 6.89. The second kappa shape index (κ2) is 3.65. The highest BCUT2D eigenvalue weighted by Gasteiger charge is 2.11. The fourth-order valence-corrected chi connectivity index (χ4v) is 1.60. The summed E-state index contributed by atoms with van der Waals surface area (Å²) in [7, 11) is 0. The Hall–Kier alpha value is -0.460. The lowest BCUT2D eigenvalue weighted by Crippen LogP contribution is -2.28. The smallest absolute Gasteiger partial charge is 0.0257 e. The molecule has 0 unspecified atom stereocenters. The van der Waals surface area contributed by atoms with E-state index in [-0.39, 0.29) is 1.43 Å². The van der Waals surface area contributed by atoms with Crippen molar-refractivity contribution in [1.29, 1.82) is 0 Å². The fourth-order valence-electron chi connectivity index (χ4n) is 1.60. The maximum Gasteiger partial charge on any atom is 0.0257 e. The third-order valence-electron chi connectivity index (χ3n) is 2.06. The summed E-state index contributed by atoms with van der Waals surface area (Å²) in [6, 6.07) is 0.728. The summed E-state index contributed by atoms with van der Waals surface area (Å²) in [6.45, 7) is 5.87. The van der Waals surface area contributed by atoms with Gasteiger partial charge in [0.05, 0.1) is 0 Å². The standard InChI is InChI=1S/C9H17N.H2/c1-8(2)10-9-6-4-3-5-7-9;/h9-10H,1,3-7H2,2H3;1H. The van der Waals surface area contributed by atoms with Crippen molar-refractivity contribution in [1.82, 2.24) is 5.32 Å². The summed E-state index contributed by atoms with van der Waals surface area (Å²) < 4.78 is 0. The van der Waals surface area contributed by atoms with Crippen LogP contribution in [0.3, 0.4) is 0 Å². The number of allylic oxidation sites excluding steroid dienone is 1. The molecule has 0 spiro atoms. The molecule has 1 saturated carbocycles. The minimum atomic E-state index is 0. The average Bonchev–Trinajstić information content (AvgIpc) is 1.88.